The summed E-state index contributed by atoms with van der Waals surface area (Å²) in [4.78, 5) is 24.3. The molecule has 148 valence electrons. The van der Waals surface area contributed by atoms with Crippen molar-refractivity contribution in [3.63, 3.8) is 0 Å². The number of hydrogen-bond acceptors (Lipinski definition) is 9. The van der Waals surface area contributed by atoms with Gasteiger partial charge in [-0.3, -0.25) is 0 Å². The number of carboxylic acids is 1. The van der Waals surface area contributed by atoms with Crippen LogP contribution in [0, 0.1) is 0 Å². The summed E-state index contributed by atoms with van der Waals surface area (Å²) in [6, 6.07) is 6.03. The lowest BCUT2D eigenvalue weighted by Gasteiger charge is -2.30. The molecule has 2 aromatic rings. The first-order valence-corrected chi connectivity index (χ1v) is 8.14. The zero-order chi connectivity index (χ0) is 20.4. The van der Waals surface area contributed by atoms with Crippen molar-refractivity contribution in [2.75, 3.05) is 33.8 Å². The highest BCUT2D eigenvalue weighted by molar-refractivity contribution is 5.99. The monoisotopic (exact) mass is 388 g/mol. The minimum absolute atomic E-state index is 0.0315. The molecule has 0 saturated carbocycles. The molecule has 1 aliphatic heterocycles. The standard InChI is InChI=1S/C19H19NO8/c1-24-12-6-5-9(15(18(21)22)16(12)27-4)17-20-11-8-14(26-3)13(25-2)7-10(11)19(23)28-17/h5-8,17,20H,1-4H3,(H,21,22)/p-1/t17-/m1/s1. The molecule has 0 radical (unpaired) electrons. The van der Waals surface area contributed by atoms with E-state index >= 15 is 0 Å². The number of carbonyl (C=O) groups is 2. The molecular formula is C19H18NO8-. The van der Waals surface area contributed by atoms with Gasteiger partial charge in [0.15, 0.2) is 23.0 Å². The van der Waals surface area contributed by atoms with Gasteiger partial charge in [-0.1, -0.05) is 0 Å². The Hall–Kier alpha value is -3.62. The molecule has 0 bridgehead atoms. The Kier molecular flexibility index (Phi) is 5.16. The van der Waals surface area contributed by atoms with Crippen LogP contribution < -0.4 is 29.4 Å². The zero-order valence-electron chi connectivity index (χ0n) is 15.7. The third-order valence-corrected chi connectivity index (χ3v) is 4.32. The normalized spacial score (nSPS) is 15.0. The lowest BCUT2D eigenvalue weighted by molar-refractivity contribution is -0.255. The number of fused-ring (bicyclic) bond motifs is 1. The van der Waals surface area contributed by atoms with Gasteiger partial charge in [0.1, 0.15) is 0 Å². The molecule has 0 fully saturated rings. The second-order valence-electron chi connectivity index (χ2n) is 5.74. The van der Waals surface area contributed by atoms with Crippen LogP contribution in [0.5, 0.6) is 23.0 Å². The van der Waals surface area contributed by atoms with E-state index in [1.807, 2.05) is 0 Å². The van der Waals surface area contributed by atoms with E-state index in [1.165, 1.54) is 46.6 Å². The van der Waals surface area contributed by atoms with E-state index in [-0.39, 0.29) is 28.2 Å². The number of nitrogens with one attached hydrogen (secondary N) is 1. The predicted molar refractivity (Wildman–Crippen MR) is 95.2 cm³/mol. The van der Waals surface area contributed by atoms with Gasteiger partial charge in [-0.25, -0.2) is 4.79 Å². The predicted octanol–water partition coefficient (Wildman–Crippen LogP) is 1.37. The molecule has 1 heterocycles. The summed E-state index contributed by atoms with van der Waals surface area (Å²) >= 11 is 0. The number of hydrogen-bond donors (Lipinski definition) is 1. The van der Waals surface area contributed by atoms with Crippen LogP contribution in [0.1, 0.15) is 32.5 Å². The summed E-state index contributed by atoms with van der Waals surface area (Å²) in [6.45, 7) is 0. The van der Waals surface area contributed by atoms with Gasteiger partial charge >= 0.3 is 5.97 Å². The SMILES string of the molecule is COc1cc2c(cc1OC)C(=O)O[C@H](c1ccc(OC)c(OC)c1C(=O)[O-])N2. The molecule has 3 rings (SSSR count). The molecule has 0 unspecified atom stereocenters. The van der Waals surface area contributed by atoms with Gasteiger partial charge in [-0.05, 0) is 12.1 Å². The second kappa shape index (κ2) is 7.55. The van der Waals surface area contributed by atoms with Crippen molar-refractivity contribution < 1.29 is 38.4 Å². The van der Waals surface area contributed by atoms with E-state index in [2.05, 4.69) is 5.32 Å². The summed E-state index contributed by atoms with van der Waals surface area (Å²) in [5, 5.41) is 14.8. The van der Waals surface area contributed by atoms with Gasteiger partial charge in [0, 0.05) is 17.7 Å². The van der Waals surface area contributed by atoms with Gasteiger partial charge in [0.2, 0.25) is 6.23 Å². The molecule has 0 aromatic heterocycles. The average Bonchev–Trinajstić information content (AvgIpc) is 2.71. The van der Waals surface area contributed by atoms with Crippen molar-refractivity contribution in [2.45, 2.75) is 6.23 Å². The third-order valence-electron chi connectivity index (χ3n) is 4.32. The summed E-state index contributed by atoms with van der Waals surface area (Å²) in [5.41, 5.74) is 0.491. The van der Waals surface area contributed by atoms with E-state index < -0.39 is 18.2 Å². The number of methoxy groups -OCH3 is 4. The fraction of sp³-hybridized carbons (Fsp3) is 0.263. The lowest BCUT2D eigenvalue weighted by atomic mass is 10.0. The van der Waals surface area contributed by atoms with Crippen LogP contribution in [0.15, 0.2) is 24.3 Å². The van der Waals surface area contributed by atoms with E-state index in [9.17, 15) is 14.7 Å². The van der Waals surface area contributed by atoms with Crippen molar-refractivity contribution in [1.82, 2.24) is 0 Å². The topological polar surface area (TPSA) is 115 Å². The minimum Gasteiger partial charge on any atom is -0.545 e. The molecule has 0 amide bonds. The van der Waals surface area contributed by atoms with Gasteiger partial charge in [-0.15, -0.1) is 0 Å². The summed E-state index contributed by atoms with van der Waals surface area (Å²) in [6.07, 6.45) is -1.09. The van der Waals surface area contributed by atoms with Gasteiger partial charge in [-0.2, -0.15) is 0 Å². The van der Waals surface area contributed by atoms with Crippen molar-refractivity contribution >= 4 is 17.6 Å². The Bertz CT molecular complexity index is 940. The number of carboxylic acid groups (broad SMARTS) is 1. The molecule has 1 aliphatic rings. The Labute approximate surface area is 160 Å². The molecule has 9 heteroatoms. The molecule has 0 aliphatic carbocycles. The van der Waals surface area contributed by atoms with E-state index in [1.54, 1.807) is 6.07 Å². The highest BCUT2D eigenvalue weighted by Crippen LogP contribution is 2.41. The maximum absolute atomic E-state index is 12.5. The number of carbonyl (C=O) groups excluding carboxylic acids is 2. The van der Waals surface area contributed by atoms with Crippen LogP contribution in [-0.4, -0.2) is 40.4 Å². The van der Waals surface area contributed by atoms with E-state index in [4.69, 9.17) is 23.7 Å². The minimum atomic E-state index is -1.50. The Morgan fingerprint density at radius 2 is 1.64 bits per heavy atom. The quantitative estimate of drug-likeness (QED) is 0.732. The smallest absolute Gasteiger partial charge is 0.342 e. The highest BCUT2D eigenvalue weighted by Gasteiger charge is 2.32. The first-order valence-electron chi connectivity index (χ1n) is 8.14. The molecule has 2 aromatic carbocycles. The maximum atomic E-state index is 12.5. The van der Waals surface area contributed by atoms with Crippen molar-refractivity contribution in [3.05, 3.63) is 41.0 Å². The van der Waals surface area contributed by atoms with Crippen molar-refractivity contribution in [3.8, 4) is 23.0 Å². The average molecular weight is 388 g/mol. The molecule has 28 heavy (non-hydrogen) atoms. The maximum Gasteiger partial charge on any atom is 0.342 e. The molecule has 9 nitrogen and oxygen atoms in total. The first kappa shape index (κ1) is 19.2. The second-order valence-corrected chi connectivity index (χ2v) is 5.74. The number of cyclic esters (lactones) is 1. The number of rotatable bonds is 6. The van der Waals surface area contributed by atoms with Gasteiger partial charge in [0.05, 0.1) is 51.2 Å². The van der Waals surface area contributed by atoms with E-state index in [0.717, 1.165) is 0 Å². The van der Waals surface area contributed by atoms with Crippen LogP contribution >= 0.6 is 0 Å². The largest absolute Gasteiger partial charge is 0.545 e. The number of ether oxygens (including phenoxy) is 5. The summed E-state index contributed by atoms with van der Waals surface area (Å²) in [7, 11) is 5.60. The number of esters is 1. The lowest BCUT2D eigenvalue weighted by Crippen LogP contribution is -2.30. The molecule has 0 saturated heterocycles. The Morgan fingerprint density at radius 1 is 1.00 bits per heavy atom. The highest BCUT2D eigenvalue weighted by atomic mass is 16.6. The molecule has 1 N–H and O–H groups in total. The first-order chi connectivity index (χ1) is 13.4. The van der Waals surface area contributed by atoms with Gasteiger partial charge in [0.25, 0.3) is 0 Å². The fourth-order valence-electron chi connectivity index (χ4n) is 3.02. The zero-order valence-corrected chi connectivity index (χ0v) is 15.7. The molecule has 1 atom stereocenters. The summed E-state index contributed by atoms with van der Waals surface area (Å²) < 4.78 is 26.1. The van der Waals surface area contributed by atoms with Gasteiger partial charge < -0.3 is 38.9 Å². The van der Waals surface area contributed by atoms with Crippen LogP contribution in [0.3, 0.4) is 0 Å². The Morgan fingerprint density at radius 3 is 2.21 bits per heavy atom. The molecular weight excluding hydrogens is 370 g/mol. The molecule has 0 spiro atoms. The van der Waals surface area contributed by atoms with Crippen molar-refractivity contribution in [1.29, 1.82) is 0 Å². The fourth-order valence-corrected chi connectivity index (χ4v) is 3.02. The van der Waals surface area contributed by atoms with Crippen molar-refractivity contribution in [2.24, 2.45) is 0 Å². The summed E-state index contributed by atoms with van der Waals surface area (Å²) in [5.74, 6) is -1.22. The number of aromatic carboxylic acids is 1. The van der Waals surface area contributed by atoms with Crippen LogP contribution in [-0.2, 0) is 4.74 Å². The number of benzene rings is 2. The van der Waals surface area contributed by atoms with E-state index in [0.29, 0.717) is 17.2 Å². The Balaban J connectivity index is 2.10. The number of anilines is 1. The van der Waals surface area contributed by atoms with Crippen LogP contribution in [0.25, 0.3) is 0 Å². The van der Waals surface area contributed by atoms with Crippen LogP contribution in [0.4, 0.5) is 5.69 Å². The third kappa shape index (κ3) is 3.11. The van der Waals surface area contributed by atoms with Crippen LogP contribution in [0.2, 0.25) is 0 Å².